The van der Waals surface area contributed by atoms with Crippen molar-refractivity contribution in [3.8, 4) is 5.75 Å². The van der Waals surface area contributed by atoms with E-state index in [1.54, 1.807) is 7.11 Å². The van der Waals surface area contributed by atoms with E-state index in [0.29, 0.717) is 18.5 Å². The van der Waals surface area contributed by atoms with E-state index >= 15 is 0 Å². The van der Waals surface area contributed by atoms with E-state index in [4.69, 9.17) is 10.5 Å². The molecule has 1 fully saturated rings. The highest BCUT2D eigenvalue weighted by Crippen LogP contribution is 2.25. The van der Waals surface area contributed by atoms with E-state index in [-0.39, 0.29) is 24.0 Å². The average molecular weight is 411 g/mol. The number of ether oxygens (including phenoxy) is 1. The highest BCUT2D eigenvalue weighted by molar-refractivity contribution is 14.0. The van der Waals surface area contributed by atoms with Crippen LogP contribution in [0.5, 0.6) is 5.75 Å². The molecule has 1 aliphatic carbocycles. The normalized spacial score (nSPS) is 14.5. The maximum atomic E-state index is 6.02. The Kier molecular flexibility index (Phi) is 5.50. The first-order valence-corrected chi connectivity index (χ1v) is 7.27. The highest BCUT2D eigenvalue weighted by atomic mass is 127. The van der Waals surface area contributed by atoms with E-state index in [2.05, 4.69) is 34.2 Å². The van der Waals surface area contributed by atoms with Gasteiger partial charge in [-0.2, -0.15) is 0 Å². The molecule has 0 atom stereocenters. The predicted octanol–water partition coefficient (Wildman–Crippen LogP) is 3.38. The first-order chi connectivity index (χ1) is 10.2. The summed E-state index contributed by atoms with van der Waals surface area (Å²) in [7, 11) is 3.70. The van der Waals surface area contributed by atoms with E-state index in [0.717, 1.165) is 5.75 Å². The molecule has 1 aliphatic rings. The molecule has 0 unspecified atom stereocenters. The van der Waals surface area contributed by atoms with Gasteiger partial charge in [0.1, 0.15) is 5.75 Å². The summed E-state index contributed by atoms with van der Waals surface area (Å²) >= 11 is 0. The van der Waals surface area contributed by atoms with Crippen molar-refractivity contribution < 1.29 is 4.74 Å². The van der Waals surface area contributed by atoms with Crippen molar-refractivity contribution in [2.45, 2.75) is 25.4 Å². The molecule has 0 aromatic heterocycles. The summed E-state index contributed by atoms with van der Waals surface area (Å²) < 4.78 is 5.24. The van der Waals surface area contributed by atoms with Crippen molar-refractivity contribution in [2.24, 2.45) is 10.7 Å². The number of hydrogen-bond donors (Lipinski definition) is 1. The van der Waals surface area contributed by atoms with E-state index in [9.17, 15) is 0 Å². The standard InChI is InChI=1S/C17H21N3O.HI/c1-20(15-6-7-15)17(18)19-11-12-3-4-14-10-16(21-2)8-5-13(14)9-12;/h3-5,8-10,15H,6-7,11H2,1-2H3,(H2,18,19);1H. The first-order valence-electron chi connectivity index (χ1n) is 7.27. The van der Waals surface area contributed by atoms with Crippen LogP contribution >= 0.6 is 24.0 Å². The van der Waals surface area contributed by atoms with Gasteiger partial charge in [0.05, 0.1) is 13.7 Å². The van der Waals surface area contributed by atoms with E-state index < -0.39 is 0 Å². The van der Waals surface area contributed by atoms with Crippen LogP contribution in [0, 0.1) is 0 Å². The van der Waals surface area contributed by atoms with Crippen LogP contribution in [0.4, 0.5) is 0 Å². The van der Waals surface area contributed by atoms with Gasteiger partial charge in [0, 0.05) is 13.1 Å². The van der Waals surface area contributed by atoms with Crippen molar-refractivity contribution in [1.29, 1.82) is 0 Å². The monoisotopic (exact) mass is 411 g/mol. The summed E-state index contributed by atoms with van der Waals surface area (Å²) in [6.45, 7) is 0.616. The Bertz CT molecular complexity index is 683. The van der Waals surface area contributed by atoms with Gasteiger partial charge >= 0.3 is 0 Å². The molecule has 4 nitrogen and oxygen atoms in total. The number of halogens is 1. The molecule has 118 valence electrons. The smallest absolute Gasteiger partial charge is 0.191 e. The largest absolute Gasteiger partial charge is 0.497 e. The molecule has 22 heavy (non-hydrogen) atoms. The van der Waals surface area contributed by atoms with Crippen LogP contribution in [0.3, 0.4) is 0 Å². The van der Waals surface area contributed by atoms with Crippen LogP contribution in [-0.4, -0.2) is 31.1 Å². The minimum atomic E-state index is 0. The lowest BCUT2D eigenvalue weighted by Gasteiger charge is -2.16. The number of nitrogens with two attached hydrogens (primary N) is 1. The Balaban J connectivity index is 0.00000176. The molecule has 0 aliphatic heterocycles. The van der Waals surface area contributed by atoms with Gasteiger partial charge in [-0.25, -0.2) is 4.99 Å². The molecule has 0 radical (unpaired) electrons. The van der Waals surface area contributed by atoms with Gasteiger partial charge in [0.25, 0.3) is 0 Å². The van der Waals surface area contributed by atoms with Gasteiger partial charge in [0.2, 0.25) is 0 Å². The number of guanidine groups is 1. The third-order valence-electron chi connectivity index (χ3n) is 3.99. The zero-order valence-electron chi connectivity index (χ0n) is 13.0. The summed E-state index contributed by atoms with van der Waals surface area (Å²) in [6, 6.07) is 13.0. The maximum absolute atomic E-state index is 6.02. The molecule has 0 bridgehead atoms. The summed E-state index contributed by atoms with van der Waals surface area (Å²) in [4.78, 5) is 6.57. The van der Waals surface area contributed by atoms with E-state index in [1.165, 1.54) is 29.2 Å². The van der Waals surface area contributed by atoms with Crippen molar-refractivity contribution in [3.05, 3.63) is 42.0 Å². The fourth-order valence-electron chi connectivity index (χ4n) is 2.43. The van der Waals surface area contributed by atoms with Gasteiger partial charge in [0.15, 0.2) is 5.96 Å². The second-order valence-electron chi connectivity index (χ2n) is 5.56. The van der Waals surface area contributed by atoms with Crippen LogP contribution < -0.4 is 10.5 Å². The van der Waals surface area contributed by atoms with Crippen LogP contribution in [0.25, 0.3) is 10.8 Å². The lowest BCUT2D eigenvalue weighted by atomic mass is 10.1. The van der Waals surface area contributed by atoms with Crippen molar-refractivity contribution >= 4 is 40.7 Å². The Morgan fingerprint density at radius 3 is 2.59 bits per heavy atom. The van der Waals surface area contributed by atoms with Crippen LogP contribution in [-0.2, 0) is 6.54 Å². The molecule has 2 N–H and O–H groups in total. The molecule has 5 heteroatoms. The Labute approximate surface area is 148 Å². The molecular formula is C17H22IN3O. The lowest BCUT2D eigenvalue weighted by Crippen LogP contribution is -2.35. The third-order valence-corrected chi connectivity index (χ3v) is 3.99. The number of aliphatic imine (C=N–C) groups is 1. The van der Waals surface area contributed by atoms with Crippen LogP contribution in [0.15, 0.2) is 41.4 Å². The molecule has 2 aromatic rings. The van der Waals surface area contributed by atoms with Gasteiger partial charge in [-0.3, -0.25) is 0 Å². The SMILES string of the molecule is COc1ccc2cc(CN=C(N)N(C)C3CC3)ccc2c1.I. The number of hydrogen-bond acceptors (Lipinski definition) is 2. The Hall–Kier alpha value is -1.50. The molecule has 0 heterocycles. The number of nitrogens with zero attached hydrogens (tertiary/aromatic N) is 2. The quantitative estimate of drug-likeness (QED) is 0.477. The number of methoxy groups -OCH3 is 1. The summed E-state index contributed by atoms with van der Waals surface area (Å²) in [5, 5.41) is 2.36. The number of rotatable bonds is 4. The van der Waals surface area contributed by atoms with Crippen molar-refractivity contribution in [3.63, 3.8) is 0 Å². The van der Waals surface area contributed by atoms with Gasteiger partial charge < -0.3 is 15.4 Å². The molecule has 0 amide bonds. The predicted molar refractivity (Wildman–Crippen MR) is 102 cm³/mol. The van der Waals surface area contributed by atoms with Crippen molar-refractivity contribution in [2.75, 3.05) is 14.2 Å². The zero-order chi connectivity index (χ0) is 14.8. The zero-order valence-corrected chi connectivity index (χ0v) is 15.3. The second kappa shape index (κ2) is 7.17. The first kappa shape index (κ1) is 16.9. The van der Waals surface area contributed by atoms with Gasteiger partial charge in [-0.15, -0.1) is 24.0 Å². The fraction of sp³-hybridized carbons (Fsp3) is 0.353. The highest BCUT2D eigenvalue weighted by Gasteiger charge is 2.27. The van der Waals surface area contributed by atoms with Crippen LogP contribution in [0.1, 0.15) is 18.4 Å². The van der Waals surface area contributed by atoms with Gasteiger partial charge in [-0.05, 0) is 47.4 Å². The summed E-state index contributed by atoms with van der Waals surface area (Å²) in [6.07, 6.45) is 2.45. The van der Waals surface area contributed by atoms with Gasteiger partial charge in [-0.1, -0.05) is 18.2 Å². The third kappa shape index (κ3) is 3.82. The van der Waals surface area contributed by atoms with E-state index in [1.807, 2.05) is 19.2 Å². The topological polar surface area (TPSA) is 50.9 Å². The molecule has 2 aromatic carbocycles. The average Bonchev–Trinajstić information content (AvgIpc) is 3.36. The van der Waals surface area contributed by atoms with Crippen LogP contribution in [0.2, 0.25) is 0 Å². The Morgan fingerprint density at radius 2 is 1.91 bits per heavy atom. The molecule has 3 rings (SSSR count). The Morgan fingerprint density at radius 1 is 1.23 bits per heavy atom. The fourth-order valence-corrected chi connectivity index (χ4v) is 2.43. The molecule has 0 spiro atoms. The lowest BCUT2D eigenvalue weighted by molar-refractivity contribution is 0.415. The number of benzene rings is 2. The maximum Gasteiger partial charge on any atom is 0.191 e. The molecule has 0 saturated heterocycles. The summed E-state index contributed by atoms with van der Waals surface area (Å²) in [5.74, 6) is 1.51. The van der Waals surface area contributed by atoms with Crippen molar-refractivity contribution in [1.82, 2.24) is 4.90 Å². The minimum Gasteiger partial charge on any atom is -0.497 e. The minimum absolute atomic E-state index is 0. The molecule has 1 saturated carbocycles. The summed E-state index contributed by atoms with van der Waals surface area (Å²) in [5.41, 5.74) is 7.18. The second-order valence-corrected chi connectivity index (χ2v) is 5.56. The molecular weight excluding hydrogens is 389 g/mol. The number of fused-ring (bicyclic) bond motifs is 1.